The van der Waals surface area contributed by atoms with Crippen LogP contribution >= 0.6 is 0 Å². The maximum atomic E-state index is 12.9. The fourth-order valence-electron chi connectivity index (χ4n) is 3.74. The lowest BCUT2D eigenvalue weighted by molar-refractivity contribution is -0.120. The van der Waals surface area contributed by atoms with Gasteiger partial charge in [-0.3, -0.25) is 9.69 Å². The molecule has 1 atom stereocenters. The van der Waals surface area contributed by atoms with E-state index in [0.717, 1.165) is 22.4 Å². The number of methoxy groups -OCH3 is 3. The maximum absolute atomic E-state index is 12.9. The molecule has 3 rings (SSSR count). The molecule has 0 saturated carbocycles. The molecule has 0 unspecified atom stereocenters. The molecule has 0 aromatic heterocycles. The number of aryl methyl sites for hydroxylation is 1. The number of hydrogen-bond donors (Lipinski definition) is 1. The molecule has 0 radical (unpaired) electrons. The van der Waals surface area contributed by atoms with Gasteiger partial charge in [0, 0.05) is 0 Å². The van der Waals surface area contributed by atoms with E-state index in [0.29, 0.717) is 23.8 Å². The summed E-state index contributed by atoms with van der Waals surface area (Å²) in [4.78, 5) is 14.8. The largest absolute Gasteiger partial charge is 0.495 e. The Morgan fingerprint density at radius 1 is 1.06 bits per heavy atom. The molecule has 0 spiro atoms. The summed E-state index contributed by atoms with van der Waals surface area (Å²) < 4.78 is 22.0. The number of hydrogen-bond acceptors (Lipinski definition) is 6. The van der Waals surface area contributed by atoms with Crippen LogP contribution in [0.15, 0.2) is 30.3 Å². The highest BCUT2D eigenvalue weighted by Gasteiger charge is 2.41. The van der Waals surface area contributed by atoms with E-state index in [2.05, 4.69) is 5.32 Å². The van der Waals surface area contributed by atoms with Gasteiger partial charge in [-0.05, 0) is 68.8 Å². The van der Waals surface area contributed by atoms with Crippen molar-refractivity contribution in [2.24, 2.45) is 0 Å². The fourth-order valence-corrected chi connectivity index (χ4v) is 3.74. The first-order valence-corrected chi connectivity index (χ1v) is 10.5. The van der Waals surface area contributed by atoms with Crippen LogP contribution in [0.5, 0.6) is 17.2 Å². The van der Waals surface area contributed by atoms with Crippen molar-refractivity contribution in [2.45, 2.75) is 32.5 Å². The number of benzene rings is 2. The molecule has 2 aromatic rings. The van der Waals surface area contributed by atoms with E-state index in [4.69, 9.17) is 18.9 Å². The number of rotatable bonds is 7. The standard InChI is InChI=1S/C25H32N2O5/c1-16-12-18(14-22(30-6)23(16)31-7)9-8-17-10-11-21(29-5)19(13-17)26-24(28)20-15-32-25(2,3)27(20)4/h8-14,20H,15H2,1-7H3,(H,26,28)/b9-8-/t20-/m0/s1. The van der Waals surface area contributed by atoms with E-state index in [1.165, 1.54) is 0 Å². The van der Waals surface area contributed by atoms with E-state index in [1.54, 1.807) is 21.3 Å². The molecule has 1 saturated heterocycles. The zero-order valence-electron chi connectivity index (χ0n) is 19.8. The lowest BCUT2D eigenvalue weighted by Gasteiger charge is -2.28. The zero-order chi connectivity index (χ0) is 23.5. The van der Waals surface area contributed by atoms with Gasteiger partial charge in [-0.1, -0.05) is 18.2 Å². The molecule has 7 nitrogen and oxygen atoms in total. The van der Waals surface area contributed by atoms with Crippen LogP contribution in [0.3, 0.4) is 0 Å². The van der Waals surface area contributed by atoms with Gasteiger partial charge in [0.2, 0.25) is 5.91 Å². The molecule has 7 heteroatoms. The summed E-state index contributed by atoms with van der Waals surface area (Å²) in [5.41, 5.74) is 3.02. The third-order valence-corrected chi connectivity index (χ3v) is 5.85. The first kappa shape index (κ1) is 23.6. The summed E-state index contributed by atoms with van der Waals surface area (Å²) in [6.07, 6.45) is 3.97. The van der Waals surface area contributed by atoms with Crippen LogP contribution in [0.1, 0.15) is 30.5 Å². The molecule has 1 heterocycles. The molecule has 1 fully saturated rings. The number of likely N-dealkylation sites (N-methyl/N-ethyl adjacent to an activating group) is 1. The summed E-state index contributed by atoms with van der Waals surface area (Å²) in [5, 5.41) is 3.00. The van der Waals surface area contributed by atoms with E-state index in [9.17, 15) is 4.79 Å². The number of ether oxygens (including phenoxy) is 4. The van der Waals surface area contributed by atoms with Crippen molar-refractivity contribution in [2.75, 3.05) is 40.3 Å². The van der Waals surface area contributed by atoms with Crippen LogP contribution < -0.4 is 19.5 Å². The Morgan fingerprint density at radius 3 is 2.34 bits per heavy atom. The quantitative estimate of drug-likeness (QED) is 0.651. The van der Waals surface area contributed by atoms with Crippen molar-refractivity contribution in [1.29, 1.82) is 0 Å². The SMILES string of the molecule is COc1ccc(/C=C\c2cc(C)c(OC)c(OC)c2)cc1NC(=O)[C@@H]1COC(C)(C)N1C. The summed E-state index contributed by atoms with van der Waals surface area (Å²) in [7, 11) is 6.72. The Kier molecular flexibility index (Phi) is 7.11. The number of nitrogens with one attached hydrogen (secondary N) is 1. The molecule has 1 aliphatic rings. The van der Waals surface area contributed by atoms with Gasteiger partial charge in [0.05, 0.1) is 33.6 Å². The van der Waals surface area contributed by atoms with Crippen LogP contribution in [0.4, 0.5) is 5.69 Å². The number of carbonyl (C=O) groups is 1. The molecule has 32 heavy (non-hydrogen) atoms. The minimum atomic E-state index is -0.478. The van der Waals surface area contributed by atoms with Crippen LogP contribution in [-0.2, 0) is 9.53 Å². The smallest absolute Gasteiger partial charge is 0.244 e. The van der Waals surface area contributed by atoms with Crippen molar-refractivity contribution in [3.63, 3.8) is 0 Å². The lowest BCUT2D eigenvalue weighted by atomic mass is 10.1. The van der Waals surface area contributed by atoms with E-state index >= 15 is 0 Å². The third kappa shape index (κ3) is 4.89. The number of nitrogens with zero attached hydrogens (tertiary/aromatic N) is 1. The molecular formula is C25H32N2O5. The predicted molar refractivity (Wildman–Crippen MR) is 126 cm³/mol. The molecule has 1 amide bonds. The minimum absolute atomic E-state index is 0.131. The molecule has 1 aliphatic heterocycles. The van der Waals surface area contributed by atoms with Crippen LogP contribution in [0.25, 0.3) is 12.2 Å². The van der Waals surface area contributed by atoms with Gasteiger partial charge in [-0.15, -0.1) is 0 Å². The Morgan fingerprint density at radius 2 is 1.75 bits per heavy atom. The Bertz CT molecular complexity index is 1020. The van der Waals surface area contributed by atoms with E-state index < -0.39 is 5.72 Å². The first-order valence-electron chi connectivity index (χ1n) is 10.5. The Balaban J connectivity index is 1.82. The first-order chi connectivity index (χ1) is 15.2. The van der Waals surface area contributed by atoms with Gasteiger partial charge >= 0.3 is 0 Å². The second kappa shape index (κ2) is 9.63. The summed E-state index contributed by atoms with van der Waals surface area (Å²) in [6, 6.07) is 9.25. The minimum Gasteiger partial charge on any atom is -0.495 e. The Labute approximate surface area is 189 Å². The number of amides is 1. The molecule has 172 valence electrons. The van der Waals surface area contributed by atoms with Crippen molar-refractivity contribution >= 4 is 23.7 Å². The van der Waals surface area contributed by atoms with Crippen molar-refractivity contribution in [3.8, 4) is 17.2 Å². The van der Waals surface area contributed by atoms with Gasteiger partial charge in [0.25, 0.3) is 0 Å². The van der Waals surface area contributed by atoms with E-state index in [1.807, 2.05) is 75.2 Å². The lowest BCUT2D eigenvalue weighted by Crippen LogP contribution is -2.46. The normalized spacial score (nSPS) is 18.0. The average molecular weight is 441 g/mol. The highest BCUT2D eigenvalue weighted by Crippen LogP contribution is 2.33. The molecule has 1 N–H and O–H groups in total. The predicted octanol–water partition coefficient (Wildman–Crippen LogP) is 4.20. The average Bonchev–Trinajstić information content (AvgIpc) is 3.04. The number of carbonyl (C=O) groups excluding carboxylic acids is 1. The van der Waals surface area contributed by atoms with Gasteiger partial charge in [-0.2, -0.15) is 0 Å². The third-order valence-electron chi connectivity index (χ3n) is 5.85. The van der Waals surface area contributed by atoms with Crippen LogP contribution in [0.2, 0.25) is 0 Å². The number of anilines is 1. The Hall–Kier alpha value is -3.03. The topological polar surface area (TPSA) is 69.3 Å². The van der Waals surface area contributed by atoms with Gasteiger partial charge in [0.15, 0.2) is 11.5 Å². The van der Waals surface area contributed by atoms with Gasteiger partial charge < -0.3 is 24.3 Å². The van der Waals surface area contributed by atoms with Crippen molar-refractivity contribution < 1.29 is 23.7 Å². The van der Waals surface area contributed by atoms with Gasteiger partial charge in [0.1, 0.15) is 17.5 Å². The molecule has 2 aromatic carbocycles. The monoisotopic (exact) mass is 440 g/mol. The summed E-state index contributed by atoms with van der Waals surface area (Å²) >= 11 is 0. The van der Waals surface area contributed by atoms with Crippen LogP contribution in [-0.4, -0.2) is 57.6 Å². The summed E-state index contributed by atoms with van der Waals surface area (Å²) in [6.45, 7) is 6.21. The van der Waals surface area contributed by atoms with Gasteiger partial charge in [-0.25, -0.2) is 0 Å². The molecule has 0 bridgehead atoms. The highest BCUT2D eigenvalue weighted by molar-refractivity contribution is 5.97. The molecular weight excluding hydrogens is 408 g/mol. The zero-order valence-corrected chi connectivity index (χ0v) is 19.8. The second-order valence-corrected chi connectivity index (χ2v) is 8.24. The fraction of sp³-hybridized carbons (Fsp3) is 0.400. The maximum Gasteiger partial charge on any atom is 0.244 e. The highest BCUT2D eigenvalue weighted by atomic mass is 16.5. The van der Waals surface area contributed by atoms with E-state index in [-0.39, 0.29) is 11.9 Å². The molecule has 0 aliphatic carbocycles. The summed E-state index contributed by atoms with van der Waals surface area (Å²) in [5.74, 6) is 1.87. The second-order valence-electron chi connectivity index (χ2n) is 8.24. The van der Waals surface area contributed by atoms with Crippen LogP contribution in [0, 0.1) is 6.92 Å². The van der Waals surface area contributed by atoms with Crippen molar-refractivity contribution in [3.05, 3.63) is 47.0 Å². The van der Waals surface area contributed by atoms with Crippen molar-refractivity contribution in [1.82, 2.24) is 4.90 Å².